The van der Waals surface area contributed by atoms with E-state index >= 15 is 0 Å². The summed E-state index contributed by atoms with van der Waals surface area (Å²) in [6.45, 7) is 0.190. The lowest BCUT2D eigenvalue weighted by atomic mass is 10.8. The number of ether oxygens (including phenoxy) is 1. The number of hydrogen-bond donors (Lipinski definition) is 0. The Balaban J connectivity index is 3.30. The predicted molar refractivity (Wildman–Crippen MR) is 32.3 cm³/mol. The van der Waals surface area contributed by atoms with Gasteiger partial charge in [-0.1, -0.05) is 34.8 Å². The zero-order valence-corrected chi connectivity index (χ0v) is 5.95. The molecule has 0 N–H and O–H groups in total. The summed E-state index contributed by atoms with van der Waals surface area (Å²) in [6.07, 6.45) is 0. The minimum absolute atomic E-state index is 0.190. The van der Waals surface area contributed by atoms with E-state index in [0.717, 1.165) is 0 Å². The second kappa shape index (κ2) is 4.24. The third-order valence-electron chi connectivity index (χ3n) is 0.384. The topological polar surface area (TPSA) is 26.3 Å². The van der Waals surface area contributed by atoms with Crippen molar-refractivity contribution >= 4 is 41.3 Å². The molecule has 8 heavy (non-hydrogen) atoms. The summed E-state index contributed by atoms with van der Waals surface area (Å²) < 4.78 is 4.12. The molecule has 0 aliphatic rings. The summed E-state index contributed by atoms with van der Waals surface area (Å²) in [5.74, 6) is 0. The van der Waals surface area contributed by atoms with Gasteiger partial charge in [-0.25, -0.2) is 0 Å². The van der Waals surface area contributed by atoms with E-state index < -0.39 is 10.4 Å². The van der Waals surface area contributed by atoms with Crippen LogP contribution in [0.1, 0.15) is 0 Å². The Morgan fingerprint density at radius 3 is 2.00 bits per heavy atom. The Morgan fingerprint density at radius 1 is 1.38 bits per heavy atom. The SMILES string of the molecule is O=COC(Cl)C(Cl)Cl. The summed E-state index contributed by atoms with van der Waals surface area (Å²) >= 11 is 15.5. The van der Waals surface area contributed by atoms with Gasteiger partial charge in [0, 0.05) is 0 Å². The van der Waals surface area contributed by atoms with Crippen molar-refractivity contribution in [2.24, 2.45) is 0 Å². The number of halogens is 3. The highest BCUT2D eigenvalue weighted by atomic mass is 35.5. The van der Waals surface area contributed by atoms with Crippen LogP contribution in [0.4, 0.5) is 0 Å². The van der Waals surface area contributed by atoms with Gasteiger partial charge >= 0.3 is 0 Å². The lowest BCUT2D eigenvalue weighted by molar-refractivity contribution is -0.129. The number of carbonyl (C=O) groups excluding carboxylic acids is 1. The minimum Gasteiger partial charge on any atom is -0.445 e. The van der Waals surface area contributed by atoms with E-state index in [1.54, 1.807) is 0 Å². The van der Waals surface area contributed by atoms with Gasteiger partial charge in [0.15, 0.2) is 4.84 Å². The van der Waals surface area contributed by atoms with Crippen molar-refractivity contribution in [1.82, 2.24) is 0 Å². The molecule has 0 aliphatic carbocycles. The molecule has 0 amide bonds. The van der Waals surface area contributed by atoms with Crippen molar-refractivity contribution in [3.63, 3.8) is 0 Å². The summed E-state index contributed by atoms with van der Waals surface area (Å²) in [5.41, 5.74) is -0.948. The predicted octanol–water partition coefficient (Wildman–Crippen LogP) is 1.53. The van der Waals surface area contributed by atoms with E-state index in [1.807, 2.05) is 0 Å². The van der Waals surface area contributed by atoms with Crippen molar-refractivity contribution in [2.45, 2.75) is 10.4 Å². The van der Waals surface area contributed by atoms with Crippen LogP contribution in [0.3, 0.4) is 0 Å². The Bertz CT molecular complexity index is 74.9. The van der Waals surface area contributed by atoms with Crippen molar-refractivity contribution in [3.8, 4) is 0 Å². The van der Waals surface area contributed by atoms with Crippen molar-refractivity contribution in [1.29, 1.82) is 0 Å². The molecule has 2 nitrogen and oxygen atoms in total. The monoisotopic (exact) mass is 176 g/mol. The summed E-state index contributed by atoms with van der Waals surface area (Å²) in [4.78, 5) is 8.62. The van der Waals surface area contributed by atoms with Crippen molar-refractivity contribution < 1.29 is 9.53 Å². The molecule has 0 aromatic carbocycles. The van der Waals surface area contributed by atoms with Crippen molar-refractivity contribution in [2.75, 3.05) is 0 Å². The van der Waals surface area contributed by atoms with Gasteiger partial charge in [0.25, 0.3) is 6.47 Å². The largest absolute Gasteiger partial charge is 0.445 e. The molecule has 0 aromatic rings. The van der Waals surface area contributed by atoms with Crippen LogP contribution in [0.5, 0.6) is 0 Å². The zero-order chi connectivity index (χ0) is 6.57. The molecule has 0 aliphatic heterocycles. The normalized spacial score (nSPS) is 13.5. The fraction of sp³-hybridized carbons (Fsp3) is 0.667. The molecule has 0 rings (SSSR count). The molecule has 1 atom stereocenters. The minimum atomic E-state index is -0.948. The Morgan fingerprint density at radius 2 is 1.88 bits per heavy atom. The third-order valence-corrected chi connectivity index (χ3v) is 1.45. The first-order chi connectivity index (χ1) is 3.68. The average molecular weight is 177 g/mol. The van der Waals surface area contributed by atoms with Crippen LogP contribution in [0.15, 0.2) is 0 Å². The maximum absolute atomic E-state index is 9.50. The molecule has 0 saturated carbocycles. The molecule has 1 unspecified atom stereocenters. The third kappa shape index (κ3) is 3.36. The van der Waals surface area contributed by atoms with Crippen LogP contribution < -0.4 is 0 Å². The van der Waals surface area contributed by atoms with Gasteiger partial charge in [0.05, 0.1) is 0 Å². The quantitative estimate of drug-likeness (QED) is 0.483. The maximum Gasteiger partial charge on any atom is 0.294 e. The first-order valence-corrected chi connectivity index (χ1v) is 3.00. The molecule has 0 fully saturated rings. The molecule has 48 valence electrons. The Hall–Kier alpha value is 0.340. The Kier molecular flexibility index (Phi) is 4.42. The molecule has 0 bridgehead atoms. The molecule has 0 aromatic heterocycles. The highest BCUT2D eigenvalue weighted by Crippen LogP contribution is 2.13. The number of alkyl halides is 3. The molecular formula is C3H3Cl3O2. The fourth-order valence-corrected chi connectivity index (χ4v) is 0.273. The molecule has 0 saturated heterocycles. The maximum atomic E-state index is 9.50. The van der Waals surface area contributed by atoms with Crippen LogP contribution in [0.25, 0.3) is 0 Å². The van der Waals surface area contributed by atoms with Gasteiger partial charge < -0.3 is 4.74 Å². The molecular weight excluding hydrogens is 174 g/mol. The van der Waals surface area contributed by atoms with E-state index in [9.17, 15) is 4.79 Å². The van der Waals surface area contributed by atoms with E-state index in [2.05, 4.69) is 4.74 Å². The van der Waals surface area contributed by atoms with Gasteiger partial charge in [-0.3, -0.25) is 4.79 Å². The van der Waals surface area contributed by atoms with Gasteiger partial charge in [-0.2, -0.15) is 0 Å². The second-order valence-electron chi connectivity index (χ2n) is 0.918. The second-order valence-corrected chi connectivity index (χ2v) is 2.51. The van der Waals surface area contributed by atoms with Crippen LogP contribution >= 0.6 is 34.8 Å². The summed E-state index contributed by atoms with van der Waals surface area (Å²) in [7, 11) is 0. The standard InChI is InChI=1S/C3H3Cl3O2/c4-2(5)3(6)8-1-7/h1-3H. The lowest BCUT2D eigenvalue weighted by Gasteiger charge is -2.05. The van der Waals surface area contributed by atoms with Gasteiger partial charge in [0.2, 0.25) is 5.56 Å². The van der Waals surface area contributed by atoms with E-state index in [-0.39, 0.29) is 6.47 Å². The number of carbonyl (C=O) groups is 1. The highest BCUT2D eigenvalue weighted by molar-refractivity contribution is 6.48. The summed E-state index contributed by atoms with van der Waals surface area (Å²) in [6, 6.07) is 0. The molecule has 0 radical (unpaired) electrons. The number of hydrogen-bond acceptors (Lipinski definition) is 2. The molecule has 5 heteroatoms. The van der Waals surface area contributed by atoms with E-state index in [1.165, 1.54) is 0 Å². The summed E-state index contributed by atoms with van der Waals surface area (Å²) in [5, 5.41) is 0. The first kappa shape index (κ1) is 8.34. The highest BCUT2D eigenvalue weighted by Gasteiger charge is 2.12. The lowest BCUT2D eigenvalue weighted by Crippen LogP contribution is -2.11. The van der Waals surface area contributed by atoms with Crippen LogP contribution in [0, 0.1) is 0 Å². The average Bonchev–Trinajstić information content (AvgIpc) is 1.67. The van der Waals surface area contributed by atoms with E-state index in [4.69, 9.17) is 34.8 Å². The van der Waals surface area contributed by atoms with Crippen LogP contribution in [0.2, 0.25) is 0 Å². The Labute approximate surface area is 61.7 Å². The zero-order valence-electron chi connectivity index (χ0n) is 3.68. The molecule has 0 heterocycles. The van der Waals surface area contributed by atoms with E-state index in [0.29, 0.717) is 0 Å². The van der Waals surface area contributed by atoms with Crippen LogP contribution in [-0.4, -0.2) is 16.9 Å². The van der Waals surface area contributed by atoms with Gasteiger partial charge in [0.1, 0.15) is 0 Å². The molecule has 0 spiro atoms. The van der Waals surface area contributed by atoms with Gasteiger partial charge in [-0.05, 0) is 0 Å². The van der Waals surface area contributed by atoms with Crippen molar-refractivity contribution in [3.05, 3.63) is 0 Å². The van der Waals surface area contributed by atoms with Gasteiger partial charge in [-0.15, -0.1) is 0 Å². The fourth-order valence-electron chi connectivity index (χ4n) is 0.112. The smallest absolute Gasteiger partial charge is 0.294 e. The number of rotatable bonds is 3. The first-order valence-electron chi connectivity index (χ1n) is 1.70. The van der Waals surface area contributed by atoms with Crippen LogP contribution in [-0.2, 0) is 9.53 Å².